The van der Waals surface area contributed by atoms with E-state index in [9.17, 15) is 9.18 Å². The summed E-state index contributed by atoms with van der Waals surface area (Å²) in [5.74, 6) is -0.294. The molecule has 172 valence electrons. The van der Waals surface area contributed by atoms with Crippen LogP contribution >= 0.6 is 15.9 Å². The second kappa shape index (κ2) is 8.51. The van der Waals surface area contributed by atoms with Crippen LogP contribution in [-0.2, 0) is 13.6 Å². The molecule has 0 saturated carbocycles. The fourth-order valence-electron chi connectivity index (χ4n) is 5.29. The van der Waals surface area contributed by atoms with Crippen LogP contribution < -0.4 is 0 Å². The van der Waals surface area contributed by atoms with Crippen molar-refractivity contribution in [3.8, 4) is 11.3 Å². The van der Waals surface area contributed by atoms with Crippen molar-refractivity contribution in [1.29, 1.82) is 0 Å². The van der Waals surface area contributed by atoms with Gasteiger partial charge in [0, 0.05) is 40.1 Å². The van der Waals surface area contributed by atoms with Crippen molar-refractivity contribution in [3.63, 3.8) is 0 Å². The third-order valence-corrected chi connectivity index (χ3v) is 7.39. The summed E-state index contributed by atoms with van der Waals surface area (Å²) >= 11 is 3.55. The molecule has 0 unspecified atom stereocenters. The molecule has 5 heteroatoms. The summed E-state index contributed by atoms with van der Waals surface area (Å²) in [7, 11) is 2.08. The summed E-state index contributed by atoms with van der Waals surface area (Å²) in [6, 6.07) is 30.6. The van der Waals surface area contributed by atoms with Gasteiger partial charge in [0.05, 0.1) is 11.7 Å². The molecule has 1 aliphatic heterocycles. The van der Waals surface area contributed by atoms with Crippen molar-refractivity contribution in [2.75, 3.05) is 0 Å². The number of carbonyl (C=O) groups excluding carboxylic acids is 1. The summed E-state index contributed by atoms with van der Waals surface area (Å²) in [4.78, 5) is 15.6. The average Bonchev–Trinajstić information content (AvgIpc) is 3.32. The van der Waals surface area contributed by atoms with Gasteiger partial charge in [0.1, 0.15) is 5.82 Å². The minimum absolute atomic E-state index is 0.00962. The predicted molar refractivity (Wildman–Crippen MR) is 141 cm³/mol. The first-order chi connectivity index (χ1) is 17.0. The van der Waals surface area contributed by atoms with Gasteiger partial charge < -0.3 is 9.47 Å². The van der Waals surface area contributed by atoms with Gasteiger partial charge in [0.25, 0.3) is 5.91 Å². The first kappa shape index (κ1) is 21.8. The van der Waals surface area contributed by atoms with Gasteiger partial charge in [-0.15, -0.1) is 0 Å². The Hall–Kier alpha value is -3.70. The van der Waals surface area contributed by atoms with E-state index < -0.39 is 0 Å². The van der Waals surface area contributed by atoms with E-state index >= 15 is 0 Å². The number of nitrogens with zero attached hydrogens (tertiary/aromatic N) is 2. The molecule has 4 aromatic carbocycles. The Morgan fingerprint density at radius 3 is 2.31 bits per heavy atom. The van der Waals surface area contributed by atoms with Gasteiger partial charge in [0.15, 0.2) is 0 Å². The highest BCUT2D eigenvalue weighted by atomic mass is 79.9. The number of aryl methyl sites for hydroxylation is 1. The lowest BCUT2D eigenvalue weighted by molar-refractivity contribution is 0.0737. The monoisotopic (exact) mass is 524 g/mol. The largest absolute Gasteiger partial charge is 0.343 e. The normalized spacial score (nSPS) is 15.1. The zero-order valence-corrected chi connectivity index (χ0v) is 20.7. The summed E-state index contributed by atoms with van der Waals surface area (Å²) in [6.07, 6.45) is 0. The second-order valence-electron chi connectivity index (χ2n) is 8.89. The number of hydrogen-bond donors (Lipinski definition) is 0. The number of hydrogen-bond acceptors (Lipinski definition) is 1. The van der Waals surface area contributed by atoms with Gasteiger partial charge in [0.2, 0.25) is 0 Å². The SMILES string of the molecule is Cn1c(-c2ccc(Br)cc2)c([C@H]2c3ccccc3C(=O)N2Cc2ccc(F)cc2)c2ccccc21. The number of fused-ring (bicyclic) bond motifs is 2. The van der Waals surface area contributed by atoms with Gasteiger partial charge >= 0.3 is 0 Å². The first-order valence-corrected chi connectivity index (χ1v) is 12.3. The van der Waals surface area contributed by atoms with E-state index in [2.05, 4.69) is 57.9 Å². The number of rotatable bonds is 4. The third kappa shape index (κ3) is 3.58. The summed E-state index contributed by atoms with van der Waals surface area (Å²) in [5.41, 5.74) is 6.98. The minimum atomic E-state index is -0.284. The average molecular weight is 525 g/mol. The molecule has 1 aromatic heterocycles. The molecule has 0 N–H and O–H groups in total. The van der Waals surface area contributed by atoms with Crippen molar-refractivity contribution in [3.05, 3.63) is 130 Å². The first-order valence-electron chi connectivity index (χ1n) is 11.5. The van der Waals surface area contributed by atoms with Crippen LogP contribution in [0.25, 0.3) is 22.2 Å². The van der Waals surface area contributed by atoms with Crippen molar-refractivity contribution in [1.82, 2.24) is 9.47 Å². The molecule has 0 saturated heterocycles. The predicted octanol–water partition coefficient (Wildman–Crippen LogP) is 7.49. The van der Waals surface area contributed by atoms with Gasteiger partial charge in [-0.05, 0) is 53.1 Å². The summed E-state index contributed by atoms with van der Waals surface area (Å²) < 4.78 is 16.8. The number of carbonyl (C=O) groups is 1. The van der Waals surface area contributed by atoms with Gasteiger partial charge in [-0.1, -0.05) is 76.6 Å². The molecular formula is C30H22BrFN2O. The zero-order chi connectivity index (χ0) is 24.1. The van der Waals surface area contributed by atoms with Crippen LogP contribution in [0.1, 0.15) is 33.1 Å². The summed E-state index contributed by atoms with van der Waals surface area (Å²) in [5, 5.41) is 1.12. The van der Waals surface area contributed by atoms with Gasteiger partial charge in [-0.2, -0.15) is 0 Å². The van der Waals surface area contributed by atoms with Crippen LogP contribution in [0, 0.1) is 5.82 Å². The van der Waals surface area contributed by atoms with Crippen LogP contribution in [0.3, 0.4) is 0 Å². The fourth-order valence-corrected chi connectivity index (χ4v) is 5.55. The number of benzene rings is 4. The van der Waals surface area contributed by atoms with Crippen molar-refractivity contribution in [2.24, 2.45) is 7.05 Å². The van der Waals surface area contributed by atoms with Crippen molar-refractivity contribution in [2.45, 2.75) is 12.6 Å². The Kier molecular flexibility index (Phi) is 5.30. The lowest BCUT2D eigenvalue weighted by Gasteiger charge is -2.27. The molecule has 3 nitrogen and oxygen atoms in total. The van der Waals surface area contributed by atoms with Crippen molar-refractivity contribution >= 4 is 32.7 Å². The highest BCUT2D eigenvalue weighted by molar-refractivity contribution is 9.10. The number of amides is 1. The maximum atomic E-state index is 13.7. The van der Waals surface area contributed by atoms with E-state index in [-0.39, 0.29) is 17.8 Å². The fraction of sp³-hybridized carbons (Fsp3) is 0.100. The van der Waals surface area contributed by atoms with E-state index in [1.54, 1.807) is 12.1 Å². The Morgan fingerprint density at radius 2 is 1.54 bits per heavy atom. The number of halogens is 2. The molecule has 5 aromatic rings. The van der Waals surface area contributed by atoms with Crippen LogP contribution in [0.5, 0.6) is 0 Å². The molecule has 6 rings (SSSR count). The zero-order valence-electron chi connectivity index (χ0n) is 19.1. The second-order valence-corrected chi connectivity index (χ2v) is 9.81. The van der Waals surface area contributed by atoms with E-state index in [1.165, 1.54) is 12.1 Å². The third-order valence-electron chi connectivity index (χ3n) is 6.86. The topological polar surface area (TPSA) is 25.2 Å². The van der Waals surface area contributed by atoms with Crippen LogP contribution in [0.4, 0.5) is 4.39 Å². The Bertz CT molecular complexity index is 1570. The van der Waals surface area contributed by atoms with Gasteiger partial charge in [-0.25, -0.2) is 4.39 Å². The molecular weight excluding hydrogens is 503 g/mol. The molecule has 1 amide bonds. The Morgan fingerprint density at radius 1 is 0.857 bits per heavy atom. The van der Waals surface area contributed by atoms with E-state index in [0.29, 0.717) is 12.1 Å². The molecule has 0 radical (unpaired) electrons. The lowest BCUT2D eigenvalue weighted by atomic mass is 9.93. The van der Waals surface area contributed by atoms with Crippen LogP contribution in [-0.4, -0.2) is 15.4 Å². The maximum absolute atomic E-state index is 13.7. The van der Waals surface area contributed by atoms with Crippen LogP contribution in [0.2, 0.25) is 0 Å². The molecule has 0 spiro atoms. The lowest BCUT2D eigenvalue weighted by Crippen LogP contribution is -2.28. The molecule has 0 aliphatic carbocycles. The van der Waals surface area contributed by atoms with E-state index in [0.717, 1.165) is 43.3 Å². The molecule has 0 fully saturated rings. The van der Waals surface area contributed by atoms with E-state index in [1.807, 2.05) is 47.4 Å². The highest BCUT2D eigenvalue weighted by Gasteiger charge is 2.40. The van der Waals surface area contributed by atoms with Crippen molar-refractivity contribution < 1.29 is 9.18 Å². The molecule has 0 bridgehead atoms. The highest BCUT2D eigenvalue weighted by Crippen LogP contribution is 2.47. The van der Waals surface area contributed by atoms with Crippen LogP contribution in [0.15, 0.2) is 102 Å². The quantitative estimate of drug-likeness (QED) is 0.239. The standard InChI is InChI=1S/C30H22BrFN2O/c1-33-26-9-5-4-8-25(26)27(28(33)20-12-14-21(31)15-13-20)29-23-6-2-3-7-24(23)30(35)34(29)18-19-10-16-22(32)17-11-19/h2-17,29H,18H2,1H3/t29-/m1/s1. The number of para-hydroxylation sites is 1. The molecule has 2 heterocycles. The van der Waals surface area contributed by atoms with E-state index in [4.69, 9.17) is 0 Å². The molecule has 1 atom stereocenters. The number of aromatic nitrogens is 1. The smallest absolute Gasteiger partial charge is 0.255 e. The minimum Gasteiger partial charge on any atom is -0.343 e. The Balaban J connectivity index is 1.61. The molecule has 35 heavy (non-hydrogen) atoms. The molecule has 1 aliphatic rings. The van der Waals surface area contributed by atoms with Gasteiger partial charge in [-0.3, -0.25) is 4.79 Å². The Labute approximate surface area is 211 Å². The maximum Gasteiger partial charge on any atom is 0.255 e. The summed E-state index contributed by atoms with van der Waals surface area (Å²) in [6.45, 7) is 0.390.